The van der Waals surface area contributed by atoms with E-state index in [0.717, 1.165) is 0 Å². The first-order chi connectivity index (χ1) is 6.84. The Hall–Kier alpha value is -1.04. The Labute approximate surface area is 85.6 Å². The lowest BCUT2D eigenvalue weighted by Gasteiger charge is -2.18. The molecule has 1 aromatic carbocycles. The number of benzene rings is 1. The van der Waals surface area contributed by atoms with Crippen LogP contribution in [-0.4, -0.2) is 0 Å². The first kappa shape index (κ1) is 8.28. The SMILES string of the molecule is CC1C=Cc2cc3c(cc21)CCCC3. The second kappa shape index (κ2) is 2.98. The van der Waals surface area contributed by atoms with Crippen LogP contribution in [0.3, 0.4) is 0 Å². The van der Waals surface area contributed by atoms with Gasteiger partial charge in [0, 0.05) is 0 Å². The molecule has 0 nitrogen and oxygen atoms in total. The van der Waals surface area contributed by atoms with Crippen molar-refractivity contribution in [2.24, 2.45) is 0 Å². The molecule has 0 aliphatic heterocycles. The summed E-state index contributed by atoms with van der Waals surface area (Å²) < 4.78 is 0. The van der Waals surface area contributed by atoms with Crippen LogP contribution in [0, 0.1) is 0 Å². The summed E-state index contributed by atoms with van der Waals surface area (Å²) in [5, 5.41) is 0. The van der Waals surface area contributed by atoms with Crippen LogP contribution in [0.25, 0.3) is 6.08 Å². The van der Waals surface area contributed by atoms with Gasteiger partial charge in [0.05, 0.1) is 0 Å². The standard InChI is InChI=1S/C14H16/c1-10-6-7-13-8-11-4-2-3-5-12(11)9-14(10)13/h6-10H,2-5H2,1H3. The maximum atomic E-state index is 2.45. The second-order valence-corrected chi connectivity index (χ2v) is 4.60. The summed E-state index contributed by atoms with van der Waals surface area (Å²) in [6, 6.07) is 4.87. The molecule has 1 aromatic rings. The third kappa shape index (κ3) is 1.13. The number of rotatable bonds is 0. The van der Waals surface area contributed by atoms with E-state index in [2.05, 4.69) is 31.2 Å². The lowest BCUT2D eigenvalue weighted by Crippen LogP contribution is -2.04. The van der Waals surface area contributed by atoms with E-state index in [9.17, 15) is 0 Å². The lowest BCUT2D eigenvalue weighted by atomic mass is 9.87. The van der Waals surface area contributed by atoms with Gasteiger partial charge in [-0.3, -0.25) is 0 Å². The summed E-state index contributed by atoms with van der Waals surface area (Å²) in [5.41, 5.74) is 6.24. The van der Waals surface area contributed by atoms with Gasteiger partial charge in [0.1, 0.15) is 0 Å². The molecule has 0 radical (unpaired) electrons. The smallest absolute Gasteiger partial charge is 0.000107 e. The summed E-state index contributed by atoms with van der Waals surface area (Å²) in [5.74, 6) is 0.636. The number of allylic oxidation sites excluding steroid dienone is 1. The van der Waals surface area contributed by atoms with Crippen LogP contribution >= 0.6 is 0 Å². The van der Waals surface area contributed by atoms with Gasteiger partial charge in [0.25, 0.3) is 0 Å². The predicted molar refractivity (Wildman–Crippen MR) is 60.5 cm³/mol. The number of hydrogen-bond acceptors (Lipinski definition) is 0. The van der Waals surface area contributed by atoms with Crippen molar-refractivity contribution in [3.63, 3.8) is 0 Å². The molecule has 0 amide bonds. The molecule has 14 heavy (non-hydrogen) atoms. The maximum absolute atomic E-state index is 2.45. The molecule has 0 N–H and O–H groups in total. The van der Waals surface area contributed by atoms with Gasteiger partial charge in [0.15, 0.2) is 0 Å². The van der Waals surface area contributed by atoms with E-state index >= 15 is 0 Å². The molecule has 72 valence electrons. The van der Waals surface area contributed by atoms with Crippen molar-refractivity contribution in [3.8, 4) is 0 Å². The highest BCUT2D eigenvalue weighted by Gasteiger charge is 2.17. The minimum absolute atomic E-state index is 0.636. The van der Waals surface area contributed by atoms with E-state index in [0.29, 0.717) is 5.92 Å². The monoisotopic (exact) mass is 184 g/mol. The highest BCUT2D eigenvalue weighted by Crippen LogP contribution is 2.34. The predicted octanol–water partition coefficient (Wildman–Crippen LogP) is 3.70. The van der Waals surface area contributed by atoms with Crippen molar-refractivity contribution in [2.45, 2.75) is 38.5 Å². The molecule has 0 heterocycles. The van der Waals surface area contributed by atoms with Crippen molar-refractivity contribution in [1.82, 2.24) is 0 Å². The first-order valence-electron chi connectivity index (χ1n) is 5.68. The molecule has 0 heteroatoms. The third-order valence-corrected chi connectivity index (χ3v) is 3.60. The van der Waals surface area contributed by atoms with Crippen molar-refractivity contribution in [2.75, 3.05) is 0 Å². The van der Waals surface area contributed by atoms with Gasteiger partial charge < -0.3 is 0 Å². The summed E-state index contributed by atoms with van der Waals surface area (Å²) in [6.45, 7) is 2.29. The maximum Gasteiger partial charge on any atom is -0.000107 e. The van der Waals surface area contributed by atoms with Crippen molar-refractivity contribution in [3.05, 3.63) is 40.5 Å². The Kier molecular flexibility index (Phi) is 1.76. The van der Waals surface area contributed by atoms with E-state index in [4.69, 9.17) is 0 Å². The molecule has 0 aromatic heterocycles. The van der Waals surface area contributed by atoms with Gasteiger partial charge in [-0.1, -0.05) is 31.2 Å². The summed E-state index contributed by atoms with van der Waals surface area (Å²) >= 11 is 0. The van der Waals surface area contributed by atoms with Crippen LogP contribution in [0.5, 0.6) is 0 Å². The average molecular weight is 184 g/mol. The minimum atomic E-state index is 0.636. The molecular formula is C14H16. The fraction of sp³-hybridized carbons (Fsp3) is 0.429. The quantitative estimate of drug-likeness (QED) is 0.576. The zero-order valence-electron chi connectivity index (χ0n) is 8.72. The third-order valence-electron chi connectivity index (χ3n) is 3.60. The molecule has 0 saturated heterocycles. The normalized spacial score (nSPS) is 23.4. The van der Waals surface area contributed by atoms with Crippen LogP contribution < -0.4 is 0 Å². The molecule has 3 rings (SSSR count). The molecule has 0 fully saturated rings. The Morgan fingerprint density at radius 3 is 2.57 bits per heavy atom. The molecule has 0 bridgehead atoms. The number of fused-ring (bicyclic) bond motifs is 2. The van der Waals surface area contributed by atoms with Crippen LogP contribution in [-0.2, 0) is 12.8 Å². The fourth-order valence-electron chi connectivity index (χ4n) is 2.71. The van der Waals surface area contributed by atoms with Gasteiger partial charge in [0.2, 0.25) is 0 Å². The fourth-order valence-corrected chi connectivity index (χ4v) is 2.71. The van der Waals surface area contributed by atoms with Crippen LogP contribution in [0.1, 0.15) is 47.9 Å². The second-order valence-electron chi connectivity index (χ2n) is 4.60. The topological polar surface area (TPSA) is 0 Å². The van der Waals surface area contributed by atoms with E-state index in [1.807, 2.05) is 0 Å². The minimum Gasteiger partial charge on any atom is -0.0767 e. The molecule has 2 aliphatic carbocycles. The zero-order chi connectivity index (χ0) is 9.54. The number of hydrogen-bond donors (Lipinski definition) is 0. The Morgan fingerprint density at radius 1 is 1.07 bits per heavy atom. The van der Waals surface area contributed by atoms with Gasteiger partial charge >= 0.3 is 0 Å². The summed E-state index contributed by atoms with van der Waals surface area (Å²) in [6.07, 6.45) is 9.96. The van der Waals surface area contributed by atoms with E-state index in [1.165, 1.54) is 31.2 Å². The van der Waals surface area contributed by atoms with E-state index in [1.54, 1.807) is 16.7 Å². The Morgan fingerprint density at radius 2 is 1.79 bits per heavy atom. The molecule has 1 atom stereocenters. The van der Waals surface area contributed by atoms with Gasteiger partial charge in [-0.2, -0.15) is 0 Å². The van der Waals surface area contributed by atoms with Crippen LogP contribution in [0.4, 0.5) is 0 Å². The zero-order valence-corrected chi connectivity index (χ0v) is 8.72. The molecular weight excluding hydrogens is 168 g/mol. The van der Waals surface area contributed by atoms with Crippen molar-refractivity contribution in [1.29, 1.82) is 0 Å². The Balaban J connectivity index is 2.14. The van der Waals surface area contributed by atoms with Crippen LogP contribution in [0.15, 0.2) is 18.2 Å². The molecule has 1 unspecified atom stereocenters. The van der Waals surface area contributed by atoms with E-state index in [-0.39, 0.29) is 0 Å². The average Bonchev–Trinajstić information content (AvgIpc) is 2.57. The van der Waals surface area contributed by atoms with Gasteiger partial charge in [-0.05, 0) is 53.9 Å². The summed E-state index contributed by atoms with van der Waals surface area (Å²) in [4.78, 5) is 0. The van der Waals surface area contributed by atoms with Crippen LogP contribution in [0.2, 0.25) is 0 Å². The lowest BCUT2D eigenvalue weighted by molar-refractivity contribution is 0.684. The Bertz CT molecular complexity index is 399. The molecule has 0 saturated carbocycles. The first-order valence-corrected chi connectivity index (χ1v) is 5.68. The molecule has 2 aliphatic rings. The largest absolute Gasteiger partial charge is 0.0767 e. The van der Waals surface area contributed by atoms with Gasteiger partial charge in [-0.25, -0.2) is 0 Å². The summed E-state index contributed by atoms with van der Waals surface area (Å²) in [7, 11) is 0. The van der Waals surface area contributed by atoms with Gasteiger partial charge in [-0.15, -0.1) is 0 Å². The molecule has 0 spiro atoms. The number of aryl methyl sites for hydroxylation is 2. The highest BCUT2D eigenvalue weighted by molar-refractivity contribution is 5.64. The highest BCUT2D eigenvalue weighted by atomic mass is 14.2. The van der Waals surface area contributed by atoms with E-state index < -0.39 is 0 Å². The van der Waals surface area contributed by atoms with Crippen molar-refractivity contribution < 1.29 is 0 Å². The van der Waals surface area contributed by atoms with Crippen molar-refractivity contribution >= 4 is 6.08 Å².